The maximum Gasteiger partial charge on any atom is 0.191 e. The summed E-state index contributed by atoms with van der Waals surface area (Å²) in [5.74, 6) is 0.952. The summed E-state index contributed by atoms with van der Waals surface area (Å²) in [6.45, 7) is 2.86. The third kappa shape index (κ3) is 2.88. The van der Waals surface area contributed by atoms with Crippen LogP contribution in [-0.4, -0.2) is 38.3 Å². The zero-order valence-electron chi connectivity index (χ0n) is 10.2. The van der Waals surface area contributed by atoms with E-state index >= 15 is 0 Å². The highest BCUT2D eigenvalue weighted by Gasteiger charge is 2.31. The molecule has 1 aliphatic carbocycles. The third-order valence-corrected chi connectivity index (χ3v) is 3.67. The Bertz CT molecular complexity index is 247. The SMILES string of the molecule is COC1(CNC2=NCCCN2)CCCCC1. The van der Waals surface area contributed by atoms with Crippen LogP contribution < -0.4 is 10.6 Å². The van der Waals surface area contributed by atoms with Crippen LogP contribution >= 0.6 is 0 Å². The van der Waals surface area contributed by atoms with E-state index in [0.29, 0.717) is 0 Å². The van der Waals surface area contributed by atoms with Crippen molar-refractivity contribution in [3.8, 4) is 0 Å². The van der Waals surface area contributed by atoms with Gasteiger partial charge in [-0.05, 0) is 19.3 Å². The van der Waals surface area contributed by atoms with Gasteiger partial charge < -0.3 is 15.4 Å². The van der Waals surface area contributed by atoms with E-state index in [2.05, 4.69) is 15.6 Å². The number of ether oxygens (including phenoxy) is 1. The van der Waals surface area contributed by atoms with Gasteiger partial charge in [0, 0.05) is 26.7 Å². The molecule has 0 saturated heterocycles. The highest BCUT2D eigenvalue weighted by atomic mass is 16.5. The molecule has 0 bridgehead atoms. The Morgan fingerprint density at radius 3 is 2.75 bits per heavy atom. The predicted octanol–water partition coefficient (Wildman–Crippen LogP) is 1.27. The van der Waals surface area contributed by atoms with Crippen molar-refractivity contribution in [3.05, 3.63) is 0 Å². The van der Waals surface area contributed by atoms with Crippen LogP contribution in [0.3, 0.4) is 0 Å². The van der Waals surface area contributed by atoms with Crippen molar-refractivity contribution in [3.63, 3.8) is 0 Å². The lowest BCUT2D eigenvalue weighted by Crippen LogP contribution is -2.50. The highest BCUT2D eigenvalue weighted by Crippen LogP contribution is 2.30. The lowest BCUT2D eigenvalue weighted by Gasteiger charge is -2.36. The lowest BCUT2D eigenvalue weighted by atomic mass is 9.84. The van der Waals surface area contributed by atoms with E-state index in [1.165, 1.54) is 32.1 Å². The number of guanidine groups is 1. The molecule has 0 amide bonds. The molecule has 1 aliphatic heterocycles. The molecule has 1 heterocycles. The first-order valence-corrected chi connectivity index (χ1v) is 6.42. The molecule has 0 radical (unpaired) electrons. The average Bonchev–Trinajstić information content (AvgIpc) is 2.39. The summed E-state index contributed by atoms with van der Waals surface area (Å²) in [5.41, 5.74) is 0.0416. The van der Waals surface area contributed by atoms with E-state index in [1.54, 1.807) is 0 Å². The number of aliphatic imine (C=N–C) groups is 1. The monoisotopic (exact) mass is 225 g/mol. The van der Waals surface area contributed by atoms with Crippen molar-refractivity contribution >= 4 is 5.96 Å². The van der Waals surface area contributed by atoms with Crippen molar-refractivity contribution in [2.75, 3.05) is 26.7 Å². The first kappa shape index (κ1) is 11.7. The van der Waals surface area contributed by atoms with Crippen LogP contribution in [0.15, 0.2) is 4.99 Å². The average molecular weight is 225 g/mol. The van der Waals surface area contributed by atoms with Crippen molar-refractivity contribution in [2.24, 2.45) is 4.99 Å². The Hall–Kier alpha value is -0.770. The zero-order valence-corrected chi connectivity index (χ0v) is 10.2. The Morgan fingerprint density at radius 2 is 2.12 bits per heavy atom. The first-order valence-electron chi connectivity index (χ1n) is 6.42. The van der Waals surface area contributed by atoms with Crippen LogP contribution in [-0.2, 0) is 4.74 Å². The number of hydrogen-bond donors (Lipinski definition) is 2. The van der Waals surface area contributed by atoms with E-state index in [9.17, 15) is 0 Å². The first-order chi connectivity index (χ1) is 7.85. The van der Waals surface area contributed by atoms with Gasteiger partial charge in [-0.1, -0.05) is 19.3 Å². The molecule has 4 nitrogen and oxygen atoms in total. The Balaban J connectivity index is 1.83. The second kappa shape index (κ2) is 5.53. The molecular weight excluding hydrogens is 202 g/mol. The molecule has 1 saturated carbocycles. The van der Waals surface area contributed by atoms with Gasteiger partial charge in [-0.3, -0.25) is 4.99 Å². The number of hydrogen-bond acceptors (Lipinski definition) is 4. The summed E-state index contributed by atoms with van der Waals surface area (Å²) < 4.78 is 5.72. The maximum absolute atomic E-state index is 5.72. The van der Waals surface area contributed by atoms with Gasteiger partial charge in [-0.15, -0.1) is 0 Å². The summed E-state index contributed by atoms with van der Waals surface area (Å²) in [6.07, 6.45) is 7.41. The van der Waals surface area contributed by atoms with Gasteiger partial charge in [0.15, 0.2) is 5.96 Å². The zero-order chi connectivity index (χ0) is 11.3. The summed E-state index contributed by atoms with van der Waals surface area (Å²) >= 11 is 0. The fraction of sp³-hybridized carbons (Fsp3) is 0.917. The standard InChI is InChI=1S/C12H23N3O/c1-16-12(6-3-2-4-7-12)10-15-11-13-8-5-9-14-11/h2-10H2,1H3,(H2,13,14,15). The van der Waals surface area contributed by atoms with Crippen LogP contribution in [0.2, 0.25) is 0 Å². The van der Waals surface area contributed by atoms with Gasteiger partial charge in [0.25, 0.3) is 0 Å². The van der Waals surface area contributed by atoms with Gasteiger partial charge in [0.1, 0.15) is 0 Å². The van der Waals surface area contributed by atoms with Crippen molar-refractivity contribution < 1.29 is 4.74 Å². The highest BCUT2D eigenvalue weighted by molar-refractivity contribution is 5.80. The molecule has 0 atom stereocenters. The third-order valence-electron chi connectivity index (χ3n) is 3.67. The van der Waals surface area contributed by atoms with E-state index in [-0.39, 0.29) is 5.60 Å². The van der Waals surface area contributed by atoms with E-state index in [1.807, 2.05) is 7.11 Å². The fourth-order valence-electron chi connectivity index (χ4n) is 2.55. The molecule has 0 aromatic heterocycles. The largest absolute Gasteiger partial charge is 0.376 e. The van der Waals surface area contributed by atoms with E-state index in [0.717, 1.165) is 32.0 Å². The van der Waals surface area contributed by atoms with Crippen LogP contribution in [0.25, 0.3) is 0 Å². The van der Waals surface area contributed by atoms with Crippen LogP contribution in [0, 0.1) is 0 Å². The van der Waals surface area contributed by atoms with Gasteiger partial charge in [0.2, 0.25) is 0 Å². The van der Waals surface area contributed by atoms with Crippen molar-refractivity contribution in [1.82, 2.24) is 10.6 Å². The molecule has 0 aromatic rings. The van der Waals surface area contributed by atoms with Crippen molar-refractivity contribution in [2.45, 2.75) is 44.1 Å². The molecule has 0 spiro atoms. The summed E-state index contributed by atoms with van der Waals surface area (Å²) in [5, 5.41) is 6.68. The molecule has 92 valence electrons. The molecule has 2 N–H and O–H groups in total. The topological polar surface area (TPSA) is 45.6 Å². The molecule has 0 unspecified atom stereocenters. The van der Waals surface area contributed by atoms with E-state index < -0.39 is 0 Å². The van der Waals surface area contributed by atoms with Crippen LogP contribution in [0.5, 0.6) is 0 Å². The molecule has 16 heavy (non-hydrogen) atoms. The Labute approximate surface area is 97.9 Å². The van der Waals surface area contributed by atoms with Gasteiger partial charge in [-0.2, -0.15) is 0 Å². The molecule has 2 rings (SSSR count). The maximum atomic E-state index is 5.72. The summed E-state index contributed by atoms with van der Waals surface area (Å²) in [4.78, 5) is 4.42. The quantitative estimate of drug-likeness (QED) is 0.760. The number of nitrogens with one attached hydrogen (secondary N) is 2. The number of nitrogens with zero attached hydrogens (tertiary/aromatic N) is 1. The van der Waals surface area contributed by atoms with Crippen LogP contribution in [0.4, 0.5) is 0 Å². The van der Waals surface area contributed by atoms with Gasteiger partial charge in [-0.25, -0.2) is 0 Å². The van der Waals surface area contributed by atoms with Crippen molar-refractivity contribution in [1.29, 1.82) is 0 Å². The normalized spacial score (nSPS) is 24.4. The molecule has 2 aliphatic rings. The fourth-order valence-corrected chi connectivity index (χ4v) is 2.55. The van der Waals surface area contributed by atoms with Gasteiger partial charge in [0.05, 0.1) is 5.60 Å². The Kier molecular flexibility index (Phi) is 4.04. The molecule has 1 fully saturated rings. The minimum Gasteiger partial charge on any atom is -0.376 e. The number of methoxy groups -OCH3 is 1. The molecule has 0 aromatic carbocycles. The van der Waals surface area contributed by atoms with Gasteiger partial charge >= 0.3 is 0 Å². The number of rotatable bonds is 3. The second-order valence-corrected chi connectivity index (χ2v) is 4.81. The second-order valence-electron chi connectivity index (χ2n) is 4.81. The van der Waals surface area contributed by atoms with Crippen LogP contribution in [0.1, 0.15) is 38.5 Å². The smallest absolute Gasteiger partial charge is 0.191 e. The lowest BCUT2D eigenvalue weighted by molar-refractivity contribution is -0.0346. The molecule has 4 heteroatoms. The minimum atomic E-state index is 0.0416. The summed E-state index contributed by atoms with van der Waals surface area (Å²) in [6, 6.07) is 0. The summed E-state index contributed by atoms with van der Waals surface area (Å²) in [7, 11) is 1.84. The van der Waals surface area contributed by atoms with E-state index in [4.69, 9.17) is 4.74 Å². The minimum absolute atomic E-state index is 0.0416. The Morgan fingerprint density at radius 1 is 1.31 bits per heavy atom. The molecular formula is C12H23N3O. The predicted molar refractivity (Wildman–Crippen MR) is 65.7 cm³/mol.